The van der Waals surface area contributed by atoms with Gasteiger partial charge in [0.25, 0.3) is 5.91 Å². The molecule has 30 heavy (non-hydrogen) atoms. The van der Waals surface area contributed by atoms with Crippen LogP contribution in [0.2, 0.25) is 0 Å². The second kappa shape index (κ2) is 8.84. The fourth-order valence-corrected chi connectivity index (χ4v) is 4.26. The van der Waals surface area contributed by atoms with E-state index in [1.54, 1.807) is 0 Å². The first-order valence-corrected chi connectivity index (χ1v) is 10.7. The van der Waals surface area contributed by atoms with E-state index in [1.807, 2.05) is 42.2 Å². The first kappa shape index (κ1) is 20.4. The summed E-state index contributed by atoms with van der Waals surface area (Å²) in [5.41, 5.74) is 6.40. The number of hydrogen-bond donors (Lipinski definition) is 0. The van der Waals surface area contributed by atoms with Gasteiger partial charge in [-0.15, -0.1) is 0 Å². The molecule has 1 aromatic carbocycles. The monoisotopic (exact) mass is 402 g/mol. The Labute approximate surface area is 179 Å². The van der Waals surface area contributed by atoms with E-state index < -0.39 is 0 Å². The first-order chi connectivity index (χ1) is 14.5. The van der Waals surface area contributed by atoms with Crippen LogP contribution in [0, 0.1) is 20.8 Å². The number of carbonyl (C=O) groups is 1. The zero-order chi connectivity index (χ0) is 21.1. The molecule has 0 spiro atoms. The van der Waals surface area contributed by atoms with Crippen molar-refractivity contribution in [3.8, 4) is 5.69 Å². The highest BCUT2D eigenvalue weighted by atomic mass is 16.2. The van der Waals surface area contributed by atoms with Gasteiger partial charge in [-0.25, -0.2) is 0 Å². The van der Waals surface area contributed by atoms with Gasteiger partial charge in [0.15, 0.2) is 0 Å². The van der Waals surface area contributed by atoms with Gasteiger partial charge in [0, 0.05) is 61.1 Å². The Hall–Kier alpha value is -2.92. The molecule has 1 fully saturated rings. The summed E-state index contributed by atoms with van der Waals surface area (Å²) >= 11 is 0. The summed E-state index contributed by atoms with van der Waals surface area (Å²) in [6.45, 7) is 10.5. The van der Waals surface area contributed by atoms with Crippen LogP contribution < -0.4 is 0 Å². The number of rotatable bonds is 4. The molecular formula is C25H30N4O. The Morgan fingerprint density at radius 1 is 0.867 bits per heavy atom. The van der Waals surface area contributed by atoms with Crippen molar-refractivity contribution in [2.24, 2.45) is 0 Å². The molecule has 0 bridgehead atoms. The van der Waals surface area contributed by atoms with Crippen LogP contribution in [-0.4, -0.2) is 51.4 Å². The molecule has 0 aliphatic carbocycles. The minimum absolute atomic E-state index is 0.123. The molecule has 1 saturated heterocycles. The Morgan fingerprint density at radius 3 is 2.30 bits per heavy atom. The van der Waals surface area contributed by atoms with Crippen LogP contribution >= 0.6 is 0 Å². The fourth-order valence-electron chi connectivity index (χ4n) is 4.26. The van der Waals surface area contributed by atoms with Gasteiger partial charge in [-0.05, 0) is 75.7 Å². The summed E-state index contributed by atoms with van der Waals surface area (Å²) in [7, 11) is 0. The first-order valence-electron chi connectivity index (χ1n) is 10.7. The Bertz CT molecular complexity index is 1000. The minimum Gasteiger partial charge on any atom is -0.337 e. The van der Waals surface area contributed by atoms with E-state index in [1.165, 1.54) is 11.4 Å². The molecule has 5 heteroatoms. The van der Waals surface area contributed by atoms with E-state index in [-0.39, 0.29) is 5.91 Å². The van der Waals surface area contributed by atoms with Gasteiger partial charge in [0.1, 0.15) is 0 Å². The average molecular weight is 403 g/mol. The molecule has 156 valence electrons. The molecule has 1 amide bonds. The largest absolute Gasteiger partial charge is 0.337 e. The van der Waals surface area contributed by atoms with Crippen LogP contribution in [0.1, 0.15) is 39.6 Å². The molecule has 3 heterocycles. The molecule has 2 aromatic heterocycles. The summed E-state index contributed by atoms with van der Waals surface area (Å²) in [6.07, 6.45) is 0.984. The maximum absolute atomic E-state index is 13.1. The summed E-state index contributed by atoms with van der Waals surface area (Å²) in [5, 5.41) is 0. The van der Waals surface area contributed by atoms with Crippen molar-refractivity contribution < 1.29 is 4.79 Å². The number of hydrogen-bond acceptors (Lipinski definition) is 3. The second-order valence-corrected chi connectivity index (χ2v) is 8.19. The summed E-state index contributed by atoms with van der Waals surface area (Å²) < 4.78 is 2.21. The maximum Gasteiger partial charge on any atom is 0.253 e. The van der Waals surface area contributed by atoms with Crippen molar-refractivity contribution in [2.45, 2.75) is 33.7 Å². The van der Waals surface area contributed by atoms with Crippen LogP contribution in [-0.2, 0) is 6.54 Å². The van der Waals surface area contributed by atoms with Crippen molar-refractivity contribution in [3.63, 3.8) is 0 Å². The van der Waals surface area contributed by atoms with Gasteiger partial charge in [-0.3, -0.25) is 14.7 Å². The minimum atomic E-state index is 0.123. The predicted molar refractivity (Wildman–Crippen MR) is 120 cm³/mol. The van der Waals surface area contributed by atoms with Crippen LogP contribution in [0.3, 0.4) is 0 Å². The van der Waals surface area contributed by atoms with E-state index in [2.05, 4.69) is 52.6 Å². The number of carbonyl (C=O) groups excluding carboxylic acids is 1. The highest BCUT2D eigenvalue weighted by molar-refractivity contribution is 5.94. The lowest BCUT2D eigenvalue weighted by Crippen LogP contribution is -2.35. The van der Waals surface area contributed by atoms with E-state index >= 15 is 0 Å². The van der Waals surface area contributed by atoms with E-state index in [4.69, 9.17) is 0 Å². The van der Waals surface area contributed by atoms with E-state index in [0.29, 0.717) is 0 Å². The number of pyridine rings is 1. The van der Waals surface area contributed by atoms with Gasteiger partial charge in [0.05, 0.1) is 5.69 Å². The molecule has 0 saturated carbocycles. The molecule has 5 nitrogen and oxygen atoms in total. The standard InChI is InChI=1S/C25H30N4O/c1-19-6-4-7-23(26-19)18-27-14-5-15-28(17-16-27)25(30)22-10-12-24(13-11-22)29-20(2)8-9-21(29)3/h4,6-13H,5,14-18H2,1-3H3. The van der Waals surface area contributed by atoms with Crippen molar-refractivity contribution >= 4 is 5.91 Å². The number of nitrogens with zero attached hydrogens (tertiary/aromatic N) is 4. The van der Waals surface area contributed by atoms with Crippen molar-refractivity contribution in [1.82, 2.24) is 19.4 Å². The molecule has 0 N–H and O–H groups in total. The lowest BCUT2D eigenvalue weighted by molar-refractivity contribution is 0.0761. The topological polar surface area (TPSA) is 41.4 Å². The second-order valence-electron chi connectivity index (χ2n) is 8.19. The lowest BCUT2D eigenvalue weighted by Gasteiger charge is -2.22. The van der Waals surface area contributed by atoms with Gasteiger partial charge in [-0.1, -0.05) is 6.07 Å². The predicted octanol–water partition coefficient (Wildman–Crippen LogP) is 4.15. The van der Waals surface area contributed by atoms with E-state index in [0.717, 1.165) is 61.8 Å². The molecule has 1 aliphatic rings. The number of aryl methyl sites for hydroxylation is 3. The molecule has 1 aliphatic heterocycles. The van der Waals surface area contributed by atoms with Crippen molar-refractivity contribution in [3.05, 3.63) is 82.9 Å². The van der Waals surface area contributed by atoms with Gasteiger partial charge in [0.2, 0.25) is 0 Å². The van der Waals surface area contributed by atoms with Crippen LogP contribution in [0.5, 0.6) is 0 Å². The number of benzene rings is 1. The third-order valence-corrected chi connectivity index (χ3v) is 5.85. The third kappa shape index (κ3) is 4.46. The average Bonchev–Trinajstić information content (AvgIpc) is 2.93. The van der Waals surface area contributed by atoms with Crippen molar-refractivity contribution in [2.75, 3.05) is 26.2 Å². The molecular weight excluding hydrogens is 372 g/mol. The SMILES string of the molecule is Cc1cccc(CN2CCCN(C(=O)c3ccc(-n4c(C)ccc4C)cc3)CC2)n1. The summed E-state index contributed by atoms with van der Waals surface area (Å²) in [6, 6.07) is 18.4. The van der Waals surface area contributed by atoms with Gasteiger partial charge >= 0.3 is 0 Å². The van der Waals surface area contributed by atoms with Crippen molar-refractivity contribution in [1.29, 1.82) is 0 Å². The Balaban J connectivity index is 1.40. The fraction of sp³-hybridized carbons (Fsp3) is 0.360. The molecule has 0 radical (unpaired) electrons. The van der Waals surface area contributed by atoms with Crippen LogP contribution in [0.4, 0.5) is 0 Å². The molecule has 3 aromatic rings. The Morgan fingerprint density at radius 2 is 1.60 bits per heavy atom. The van der Waals surface area contributed by atoms with Crippen LogP contribution in [0.25, 0.3) is 5.69 Å². The molecule has 4 rings (SSSR count). The highest BCUT2D eigenvalue weighted by Crippen LogP contribution is 2.18. The molecule has 0 atom stereocenters. The lowest BCUT2D eigenvalue weighted by atomic mass is 10.1. The smallest absolute Gasteiger partial charge is 0.253 e. The molecule has 0 unspecified atom stereocenters. The number of aromatic nitrogens is 2. The quantitative estimate of drug-likeness (QED) is 0.658. The normalized spacial score (nSPS) is 15.2. The van der Waals surface area contributed by atoms with E-state index in [9.17, 15) is 4.79 Å². The van der Waals surface area contributed by atoms with Gasteiger partial charge < -0.3 is 9.47 Å². The van der Waals surface area contributed by atoms with Gasteiger partial charge in [-0.2, -0.15) is 0 Å². The summed E-state index contributed by atoms with van der Waals surface area (Å²) in [4.78, 5) is 22.1. The third-order valence-electron chi connectivity index (χ3n) is 5.85. The Kier molecular flexibility index (Phi) is 6.00. The zero-order valence-corrected chi connectivity index (χ0v) is 18.1. The zero-order valence-electron chi connectivity index (χ0n) is 18.1. The highest BCUT2D eigenvalue weighted by Gasteiger charge is 2.20. The number of amides is 1. The van der Waals surface area contributed by atoms with Crippen LogP contribution in [0.15, 0.2) is 54.6 Å². The summed E-state index contributed by atoms with van der Waals surface area (Å²) in [5.74, 6) is 0.123. The maximum atomic E-state index is 13.1.